The first kappa shape index (κ1) is 21.7. The smallest absolute Gasteiger partial charge is 0.326 e. The molecule has 156 valence electrons. The Kier molecular flexibility index (Phi) is 6.37. The number of carbonyl (C=O) groups excluding carboxylic acids is 1. The van der Waals surface area contributed by atoms with Crippen molar-refractivity contribution in [2.75, 3.05) is 0 Å². The van der Waals surface area contributed by atoms with Crippen molar-refractivity contribution in [1.29, 1.82) is 0 Å². The maximum atomic E-state index is 12.8. The molecule has 2 heterocycles. The van der Waals surface area contributed by atoms with E-state index >= 15 is 0 Å². The van der Waals surface area contributed by atoms with E-state index in [4.69, 9.17) is 16.6 Å². The zero-order valence-corrected chi connectivity index (χ0v) is 17.8. The third kappa shape index (κ3) is 4.29. The van der Waals surface area contributed by atoms with E-state index in [-0.39, 0.29) is 27.1 Å². The Labute approximate surface area is 181 Å². The molecule has 1 aromatic heterocycles. The van der Waals surface area contributed by atoms with Gasteiger partial charge in [-0.25, -0.2) is 4.79 Å². The summed E-state index contributed by atoms with van der Waals surface area (Å²) in [6.45, 7) is 3.59. The summed E-state index contributed by atoms with van der Waals surface area (Å²) in [5.41, 5.74) is 0.999. The van der Waals surface area contributed by atoms with E-state index in [0.717, 1.165) is 22.2 Å². The van der Waals surface area contributed by atoms with Crippen molar-refractivity contribution in [3.05, 3.63) is 56.7 Å². The van der Waals surface area contributed by atoms with Gasteiger partial charge < -0.3 is 9.52 Å². The Morgan fingerprint density at radius 2 is 2.13 bits per heavy atom. The van der Waals surface area contributed by atoms with Crippen LogP contribution in [0.25, 0.3) is 17.4 Å². The second-order valence-corrected chi connectivity index (χ2v) is 8.35. The number of thioether (sulfide) groups is 1. The van der Waals surface area contributed by atoms with Crippen molar-refractivity contribution in [2.24, 2.45) is 0 Å². The van der Waals surface area contributed by atoms with Crippen LogP contribution in [-0.4, -0.2) is 37.2 Å². The summed E-state index contributed by atoms with van der Waals surface area (Å²) < 4.78 is 5.89. The largest absolute Gasteiger partial charge is 0.480 e. The zero-order chi connectivity index (χ0) is 22.0. The fraction of sp³-hybridized carbons (Fsp3) is 0.250. The molecule has 1 aliphatic heterocycles. The minimum absolute atomic E-state index is 0.0777. The van der Waals surface area contributed by atoms with Crippen molar-refractivity contribution >= 4 is 51.9 Å². The number of benzene rings is 1. The van der Waals surface area contributed by atoms with Crippen molar-refractivity contribution in [2.45, 2.75) is 32.7 Å². The number of nitrogens with zero attached hydrogens (tertiary/aromatic N) is 2. The maximum Gasteiger partial charge on any atom is 0.326 e. The van der Waals surface area contributed by atoms with Crippen molar-refractivity contribution in [3.63, 3.8) is 0 Å². The molecule has 1 aliphatic rings. The lowest BCUT2D eigenvalue weighted by atomic mass is 10.1. The van der Waals surface area contributed by atoms with Crippen molar-refractivity contribution in [3.8, 4) is 11.3 Å². The molecule has 0 saturated carbocycles. The molecule has 10 heteroatoms. The molecule has 1 atom stereocenters. The van der Waals surface area contributed by atoms with Crippen LogP contribution in [-0.2, 0) is 9.59 Å². The highest BCUT2D eigenvalue weighted by Gasteiger charge is 2.40. The Bertz CT molecular complexity index is 1070. The van der Waals surface area contributed by atoms with E-state index in [2.05, 4.69) is 0 Å². The summed E-state index contributed by atoms with van der Waals surface area (Å²) in [4.78, 5) is 36.5. The topological polar surface area (TPSA) is 114 Å². The zero-order valence-electron chi connectivity index (χ0n) is 16.2. The number of thiocarbonyl (C=S) groups is 1. The number of furan rings is 1. The van der Waals surface area contributed by atoms with Gasteiger partial charge in [0.15, 0.2) is 0 Å². The first-order valence-electron chi connectivity index (χ1n) is 9.08. The third-order valence-electron chi connectivity index (χ3n) is 4.50. The fourth-order valence-electron chi connectivity index (χ4n) is 3.09. The number of amides is 1. The lowest BCUT2D eigenvalue weighted by Gasteiger charge is -2.22. The molecule has 1 N–H and O–H groups in total. The molecule has 0 bridgehead atoms. The number of nitro benzene ring substituents is 1. The van der Waals surface area contributed by atoms with Gasteiger partial charge in [-0.05, 0) is 37.1 Å². The maximum absolute atomic E-state index is 12.8. The number of hydrogen-bond donors (Lipinski definition) is 1. The first-order chi connectivity index (χ1) is 14.2. The van der Waals surface area contributed by atoms with Gasteiger partial charge in [-0.15, -0.1) is 0 Å². The number of aryl methyl sites for hydroxylation is 1. The van der Waals surface area contributed by atoms with E-state index in [0.29, 0.717) is 17.7 Å². The van der Waals surface area contributed by atoms with Crippen LogP contribution in [0.4, 0.5) is 5.69 Å². The quantitative estimate of drug-likeness (QED) is 0.284. The van der Waals surface area contributed by atoms with Crippen LogP contribution >= 0.6 is 24.0 Å². The van der Waals surface area contributed by atoms with Gasteiger partial charge in [0.1, 0.15) is 21.9 Å². The number of rotatable bonds is 7. The molecule has 0 aliphatic carbocycles. The summed E-state index contributed by atoms with van der Waals surface area (Å²) in [6, 6.07) is 6.97. The Morgan fingerprint density at radius 1 is 1.40 bits per heavy atom. The van der Waals surface area contributed by atoms with Crippen molar-refractivity contribution < 1.29 is 24.0 Å². The lowest BCUT2D eigenvalue weighted by Crippen LogP contribution is -2.43. The summed E-state index contributed by atoms with van der Waals surface area (Å²) in [7, 11) is 0. The third-order valence-corrected chi connectivity index (χ3v) is 5.83. The van der Waals surface area contributed by atoms with Gasteiger partial charge >= 0.3 is 5.97 Å². The van der Waals surface area contributed by atoms with Crippen LogP contribution in [0.2, 0.25) is 0 Å². The number of carboxylic acid groups (broad SMARTS) is 1. The molecule has 0 radical (unpaired) electrons. The lowest BCUT2D eigenvalue weighted by molar-refractivity contribution is -0.384. The van der Waals surface area contributed by atoms with Gasteiger partial charge in [-0.2, -0.15) is 0 Å². The number of hydrogen-bond acceptors (Lipinski definition) is 7. The molecule has 1 aromatic carbocycles. The average Bonchev–Trinajstić information content (AvgIpc) is 3.25. The Morgan fingerprint density at radius 3 is 2.77 bits per heavy atom. The highest BCUT2D eigenvalue weighted by Crippen LogP contribution is 2.37. The van der Waals surface area contributed by atoms with Crippen LogP contribution in [0.15, 0.2) is 39.7 Å². The predicted octanol–water partition coefficient (Wildman–Crippen LogP) is 4.62. The number of aliphatic carboxylic acids is 1. The van der Waals surface area contributed by atoms with E-state index in [1.54, 1.807) is 31.2 Å². The number of carboxylic acids is 1. The Hall–Kier alpha value is -2.98. The first-order valence-corrected chi connectivity index (χ1v) is 10.3. The average molecular weight is 447 g/mol. The van der Waals surface area contributed by atoms with E-state index in [1.165, 1.54) is 12.1 Å². The molecule has 30 heavy (non-hydrogen) atoms. The summed E-state index contributed by atoms with van der Waals surface area (Å²) in [5, 5.41) is 20.8. The van der Waals surface area contributed by atoms with E-state index in [9.17, 15) is 24.8 Å². The van der Waals surface area contributed by atoms with Gasteiger partial charge in [0.25, 0.3) is 11.6 Å². The molecule has 8 nitrogen and oxygen atoms in total. The molecule has 3 rings (SSSR count). The highest BCUT2D eigenvalue weighted by molar-refractivity contribution is 8.26. The summed E-state index contributed by atoms with van der Waals surface area (Å²) in [5.74, 6) is -1.01. The van der Waals surface area contributed by atoms with Crippen LogP contribution in [0.3, 0.4) is 0 Å². The van der Waals surface area contributed by atoms with Crippen LogP contribution in [0.1, 0.15) is 31.1 Å². The van der Waals surface area contributed by atoms with Crippen LogP contribution in [0.5, 0.6) is 0 Å². The molecule has 0 unspecified atom stereocenters. The molecule has 1 saturated heterocycles. The highest BCUT2D eigenvalue weighted by atomic mass is 32.2. The fourth-order valence-corrected chi connectivity index (χ4v) is 4.43. The monoisotopic (exact) mass is 446 g/mol. The standard InChI is InChI=1S/C20H18N2O6S2/c1-3-4-14(19(24)25)21-18(23)17(30-20(21)29)10-12-6-8-16(28-12)13-7-5-11(2)9-15(13)22(26)27/h5-10,14H,3-4H2,1-2H3,(H,24,25)/b17-10+/t14-/m0/s1. The minimum Gasteiger partial charge on any atom is -0.480 e. The van der Waals surface area contributed by atoms with E-state index in [1.807, 2.05) is 6.92 Å². The van der Waals surface area contributed by atoms with Gasteiger partial charge in [-0.3, -0.25) is 19.8 Å². The predicted molar refractivity (Wildman–Crippen MR) is 117 cm³/mol. The van der Waals surface area contributed by atoms with Gasteiger partial charge in [0.05, 0.1) is 15.4 Å². The number of carbonyl (C=O) groups is 2. The van der Waals surface area contributed by atoms with E-state index < -0.39 is 22.8 Å². The normalized spacial score (nSPS) is 16.3. The summed E-state index contributed by atoms with van der Waals surface area (Å²) in [6.07, 6.45) is 2.34. The molecule has 0 spiro atoms. The Balaban J connectivity index is 1.91. The number of nitro groups is 1. The molecule has 1 amide bonds. The van der Waals surface area contributed by atoms with Gasteiger partial charge in [0.2, 0.25) is 0 Å². The van der Waals surface area contributed by atoms with Crippen LogP contribution in [0, 0.1) is 17.0 Å². The SMILES string of the molecule is CCC[C@@H](C(=O)O)N1C(=O)/C(=C\c2ccc(-c3ccc(C)cc3[N+](=O)[O-])o2)SC1=S. The molecule has 1 fully saturated rings. The second-order valence-electron chi connectivity index (χ2n) is 6.67. The molecular formula is C20H18N2O6S2. The van der Waals surface area contributed by atoms with Gasteiger partial charge in [0, 0.05) is 12.1 Å². The summed E-state index contributed by atoms with van der Waals surface area (Å²) >= 11 is 6.22. The minimum atomic E-state index is -1.11. The molecular weight excluding hydrogens is 428 g/mol. The molecule has 2 aromatic rings. The van der Waals surface area contributed by atoms with Crippen molar-refractivity contribution in [1.82, 2.24) is 4.90 Å². The van der Waals surface area contributed by atoms with Crippen LogP contribution < -0.4 is 0 Å². The second kappa shape index (κ2) is 8.80. The van der Waals surface area contributed by atoms with Gasteiger partial charge in [-0.1, -0.05) is 43.4 Å².